The minimum absolute atomic E-state index is 0.00414. The summed E-state index contributed by atoms with van der Waals surface area (Å²) < 4.78 is 0. The standard InChI is InChI=1S/C13H15ClN2OS2/c14-8-4-5-9(12(15)18)10(7-8)16-13(17)11-3-1-2-6-19-11/h4-5,7,11H,1-3,6H2,(H2,15,18)(H,16,17). The number of rotatable bonds is 3. The first kappa shape index (κ1) is 14.6. The Bertz CT molecular complexity index is 501. The van der Waals surface area contributed by atoms with Gasteiger partial charge in [0.15, 0.2) is 0 Å². The Morgan fingerprint density at radius 1 is 1.47 bits per heavy atom. The topological polar surface area (TPSA) is 55.1 Å². The maximum atomic E-state index is 12.2. The Morgan fingerprint density at radius 2 is 2.26 bits per heavy atom. The van der Waals surface area contributed by atoms with Crippen LogP contribution in [0.3, 0.4) is 0 Å². The third-order valence-electron chi connectivity index (χ3n) is 2.98. The SMILES string of the molecule is NC(=S)c1ccc(Cl)cc1NC(=O)C1CCCCS1. The van der Waals surface area contributed by atoms with Gasteiger partial charge in [-0.05, 0) is 36.8 Å². The Labute approximate surface area is 127 Å². The van der Waals surface area contributed by atoms with Crippen molar-refractivity contribution in [3.05, 3.63) is 28.8 Å². The number of benzene rings is 1. The zero-order valence-electron chi connectivity index (χ0n) is 10.3. The molecule has 102 valence electrons. The van der Waals surface area contributed by atoms with Crippen LogP contribution in [0.2, 0.25) is 5.02 Å². The lowest BCUT2D eigenvalue weighted by Crippen LogP contribution is -2.28. The van der Waals surface area contributed by atoms with Gasteiger partial charge in [-0.2, -0.15) is 0 Å². The van der Waals surface area contributed by atoms with Gasteiger partial charge in [0.2, 0.25) is 5.91 Å². The van der Waals surface area contributed by atoms with Gasteiger partial charge in [0.1, 0.15) is 4.99 Å². The van der Waals surface area contributed by atoms with Gasteiger partial charge < -0.3 is 11.1 Å². The molecule has 1 unspecified atom stereocenters. The number of amides is 1. The third kappa shape index (κ3) is 3.84. The molecule has 1 aromatic carbocycles. The summed E-state index contributed by atoms with van der Waals surface area (Å²) in [6.07, 6.45) is 3.20. The molecule has 0 spiro atoms. The largest absolute Gasteiger partial charge is 0.389 e. The molecule has 0 bridgehead atoms. The average Bonchev–Trinajstić information content (AvgIpc) is 2.39. The van der Waals surface area contributed by atoms with Crippen LogP contribution in [0.4, 0.5) is 5.69 Å². The second-order valence-electron chi connectivity index (χ2n) is 4.40. The van der Waals surface area contributed by atoms with Crippen LogP contribution in [0.5, 0.6) is 0 Å². The summed E-state index contributed by atoms with van der Waals surface area (Å²) in [5.41, 5.74) is 6.89. The number of hydrogen-bond acceptors (Lipinski definition) is 3. The summed E-state index contributed by atoms with van der Waals surface area (Å²) in [4.78, 5) is 12.4. The molecule has 3 nitrogen and oxygen atoms in total. The summed E-state index contributed by atoms with van der Waals surface area (Å²) in [6.45, 7) is 0. The summed E-state index contributed by atoms with van der Waals surface area (Å²) in [5.74, 6) is 1.04. The molecule has 0 aliphatic carbocycles. The maximum Gasteiger partial charge on any atom is 0.237 e. The summed E-state index contributed by atoms with van der Waals surface area (Å²) in [7, 11) is 0. The molecule has 1 aliphatic heterocycles. The van der Waals surface area contributed by atoms with Gasteiger partial charge in [-0.15, -0.1) is 11.8 Å². The normalized spacial score (nSPS) is 18.9. The van der Waals surface area contributed by atoms with Gasteiger partial charge in [-0.1, -0.05) is 30.2 Å². The monoisotopic (exact) mass is 314 g/mol. The first-order valence-electron chi connectivity index (χ1n) is 6.10. The van der Waals surface area contributed by atoms with E-state index in [4.69, 9.17) is 29.6 Å². The highest BCUT2D eigenvalue weighted by molar-refractivity contribution is 8.00. The van der Waals surface area contributed by atoms with Gasteiger partial charge in [0, 0.05) is 10.6 Å². The van der Waals surface area contributed by atoms with Crippen LogP contribution in [-0.2, 0) is 4.79 Å². The minimum atomic E-state index is 0.00414. The zero-order valence-corrected chi connectivity index (χ0v) is 12.7. The first-order valence-corrected chi connectivity index (χ1v) is 7.93. The van der Waals surface area contributed by atoms with Gasteiger partial charge in [0.05, 0.1) is 10.9 Å². The number of thioether (sulfide) groups is 1. The fourth-order valence-electron chi connectivity index (χ4n) is 2.00. The molecule has 1 amide bonds. The summed E-state index contributed by atoms with van der Waals surface area (Å²) in [6, 6.07) is 5.12. The number of hydrogen-bond donors (Lipinski definition) is 2. The fraction of sp³-hybridized carbons (Fsp3) is 0.385. The third-order valence-corrected chi connectivity index (χ3v) is 4.81. The van der Waals surface area contributed by atoms with E-state index in [0.29, 0.717) is 16.3 Å². The van der Waals surface area contributed by atoms with E-state index in [1.165, 1.54) is 6.42 Å². The van der Waals surface area contributed by atoms with E-state index >= 15 is 0 Å². The van der Waals surface area contributed by atoms with Crippen molar-refractivity contribution in [2.75, 3.05) is 11.1 Å². The number of nitrogens with one attached hydrogen (secondary N) is 1. The van der Waals surface area contributed by atoms with Crippen molar-refractivity contribution in [1.29, 1.82) is 0 Å². The predicted octanol–water partition coefficient (Wildman–Crippen LogP) is 3.20. The van der Waals surface area contributed by atoms with Crippen LogP contribution < -0.4 is 11.1 Å². The second kappa shape index (κ2) is 6.59. The maximum absolute atomic E-state index is 12.2. The molecule has 1 atom stereocenters. The van der Waals surface area contributed by atoms with E-state index in [-0.39, 0.29) is 16.1 Å². The second-order valence-corrected chi connectivity index (χ2v) is 6.59. The highest BCUT2D eigenvalue weighted by atomic mass is 35.5. The molecule has 1 fully saturated rings. The van der Waals surface area contributed by atoms with Crippen molar-refractivity contribution < 1.29 is 4.79 Å². The van der Waals surface area contributed by atoms with E-state index in [1.54, 1.807) is 30.0 Å². The van der Waals surface area contributed by atoms with Crippen LogP contribution in [0.15, 0.2) is 18.2 Å². The highest BCUT2D eigenvalue weighted by Crippen LogP contribution is 2.27. The van der Waals surface area contributed by atoms with Crippen molar-refractivity contribution in [3.63, 3.8) is 0 Å². The number of carbonyl (C=O) groups is 1. The van der Waals surface area contributed by atoms with Crippen LogP contribution >= 0.6 is 35.6 Å². The Balaban J connectivity index is 2.15. The first-order chi connectivity index (χ1) is 9.08. The van der Waals surface area contributed by atoms with Gasteiger partial charge in [-0.3, -0.25) is 4.79 Å². The van der Waals surface area contributed by atoms with Crippen molar-refractivity contribution >= 4 is 52.2 Å². The molecule has 2 rings (SSSR count). The van der Waals surface area contributed by atoms with Crippen molar-refractivity contribution in [2.24, 2.45) is 5.73 Å². The molecule has 0 saturated carbocycles. The number of carbonyl (C=O) groups excluding carboxylic acids is 1. The predicted molar refractivity (Wildman–Crippen MR) is 86.1 cm³/mol. The number of anilines is 1. The zero-order chi connectivity index (χ0) is 13.8. The van der Waals surface area contributed by atoms with Crippen molar-refractivity contribution in [2.45, 2.75) is 24.5 Å². The number of nitrogens with two attached hydrogens (primary N) is 1. The molecule has 1 aromatic rings. The molecule has 0 radical (unpaired) electrons. The highest BCUT2D eigenvalue weighted by Gasteiger charge is 2.22. The summed E-state index contributed by atoms with van der Waals surface area (Å²) >= 11 is 12.6. The van der Waals surface area contributed by atoms with Gasteiger partial charge >= 0.3 is 0 Å². The molecule has 19 heavy (non-hydrogen) atoms. The van der Waals surface area contributed by atoms with Crippen LogP contribution in [0, 0.1) is 0 Å². The van der Waals surface area contributed by atoms with E-state index in [1.807, 2.05) is 0 Å². The van der Waals surface area contributed by atoms with E-state index in [0.717, 1.165) is 18.6 Å². The fourth-order valence-corrected chi connectivity index (χ4v) is 3.54. The Kier molecular flexibility index (Phi) is 5.07. The Morgan fingerprint density at radius 3 is 2.89 bits per heavy atom. The summed E-state index contributed by atoms with van der Waals surface area (Å²) in [5, 5.41) is 3.44. The molecule has 1 heterocycles. The number of halogens is 1. The van der Waals surface area contributed by atoms with Crippen molar-refractivity contribution in [1.82, 2.24) is 0 Å². The molecule has 1 aliphatic rings. The van der Waals surface area contributed by atoms with Crippen LogP contribution in [-0.4, -0.2) is 21.9 Å². The quantitative estimate of drug-likeness (QED) is 0.841. The van der Waals surface area contributed by atoms with E-state index in [9.17, 15) is 4.79 Å². The van der Waals surface area contributed by atoms with Gasteiger partial charge in [-0.25, -0.2) is 0 Å². The molecular formula is C13H15ClN2OS2. The van der Waals surface area contributed by atoms with Gasteiger partial charge in [0.25, 0.3) is 0 Å². The molecule has 3 N–H and O–H groups in total. The lowest BCUT2D eigenvalue weighted by atomic mass is 10.1. The number of thiocarbonyl (C=S) groups is 1. The molecule has 0 aromatic heterocycles. The Hall–Kier alpha value is -0.780. The molecule has 6 heteroatoms. The van der Waals surface area contributed by atoms with Crippen molar-refractivity contribution in [3.8, 4) is 0 Å². The smallest absolute Gasteiger partial charge is 0.237 e. The van der Waals surface area contributed by atoms with Crippen LogP contribution in [0.25, 0.3) is 0 Å². The minimum Gasteiger partial charge on any atom is -0.389 e. The average molecular weight is 315 g/mol. The lowest BCUT2D eigenvalue weighted by molar-refractivity contribution is -0.115. The lowest BCUT2D eigenvalue weighted by Gasteiger charge is -2.21. The van der Waals surface area contributed by atoms with E-state index < -0.39 is 0 Å². The molecular weight excluding hydrogens is 300 g/mol. The molecule has 1 saturated heterocycles. The van der Waals surface area contributed by atoms with Crippen LogP contribution in [0.1, 0.15) is 24.8 Å². The van der Waals surface area contributed by atoms with E-state index in [2.05, 4.69) is 5.32 Å².